The van der Waals surface area contributed by atoms with E-state index in [1.165, 1.54) is 0 Å². The van der Waals surface area contributed by atoms with Crippen molar-refractivity contribution < 1.29 is 71.5 Å². The van der Waals surface area contributed by atoms with E-state index < -0.39 is 159 Å². The third-order valence-electron chi connectivity index (χ3n) is 14.3. The zero-order valence-corrected chi connectivity index (χ0v) is 78.0. The molecule has 5 unspecified atom stereocenters. The molecule has 1 aliphatic heterocycles. The molecule has 0 amide bonds. The molecule has 1 saturated heterocycles. The van der Waals surface area contributed by atoms with Crippen LogP contribution < -0.4 is 0 Å². The van der Waals surface area contributed by atoms with Crippen LogP contribution in [0.25, 0.3) is 0 Å². The van der Waals surface area contributed by atoms with Crippen LogP contribution in [-0.2, 0) is 71.5 Å². The van der Waals surface area contributed by atoms with Crippen molar-refractivity contribution in [1.29, 1.82) is 0 Å². The van der Waals surface area contributed by atoms with Crippen molar-refractivity contribution in [1.82, 2.24) is 0 Å². The predicted octanol–water partition coefficient (Wildman–Crippen LogP) is 13.2. The van der Waals surface area contributed by atoms with Crippen LogP contribution in [0.15, 0.2) is 0 Å². The molecule has 0 aromatic rings. The van der Waals surface area contributed by atoms with Crippen molar-refractivity contribution in [2.75, 3.05) is 35.0 Å². The highest BCUT2D eigenvalue weighted by molar-refractivity contribution is 7.38. The van der Waals surface area contributed by atoms with E-state index in [-0.39, 0.29) is 0 Å². The summed E-state index contributed by atoms with van der Waals surface area (Å²) >= 11 is 0. The molecule has 5 atom stereocenters. The summed E-state index contributed by atoms with van der Waals surface area (Å²) in [5, 5.41) is 0. The smallest absolute Gasteiger partial charge is 0.336 e. The fraction of sp³-hybridized carbons (Fsp3) is 1.00. The quantitative estimate of drug-likeness (QED) is 0.0840. The normalized spacial score (nSPS) is 22.1. The van der Waals surface area contributed by atoms with Crippen LogP contribution in [0.2, 0.25) is 235 Å². The second-order valence-corrected chi connectivity index (χ2v) is 120. The SMILES string of the molecule is CO[Si](C)(C)[Si](C)(C)O[SiH](C)O[Si](C)(C)O[Si](C)(OC)[Si](C)(C)O[Si](C)(C)C.CO[Si](C)(C)[Si](C)(C)O[SiH](C)O[Si](C)(C)O[Si](C)(OC)[Si](C)(C)O[Si](C)(C)C.C[SiH]1O[Si](C)(C)CCCCO[Si](C)(C)O[Si](C)(C)O[Si](C)(C)O1. The molecule has 0 aliphatic carbocycles. The van der Waals surface area contributed by atoms with Crippen molar-refractivity contribution >= 4 is 159 Å². The lowest BCUT2D eigenvalue weighted by Gasteiger charge is -2.45. The van der Waals surface area contributed by atoms with Crippen molar-refractivity contribution in [3.8, 4) is 0 Å². The molecule has 1 heterocycles. The molecule has 0 radical (unpaired) electrons. The summed E-state index contributed by atoms with van der Waals surface area (Å²) in [5.41, 5.74) is 0. The average molecular weight is 1450 g/mol. The van der Waals surface area contributed by atoms with Gasteiger partial charge in [0.2, 0.25) is 31.3 Å². The fourth-order valence-corrected chi connectivity index (χ4v) is 105. The summed E-state index contributed by atoms with van der Waals surface area (Å²) in [6.07, 6.45) is 2.22. The van der Waals surface area contributed by atoms with Crippen LogP contribution in [0.4, 0.5) is 0 Å². The van der Waals surface area contributed by atoms with Gasteiger partial charge >= 0.3 is 59.0 Å². The monoisotopic (exact) mass is 1450 g/mol. The minimum Gasteiger partial charge on any atom is -0.454 e. The molecular formula is C43H128O17Si19. The molecule has 0 spiro atoms. The Morgan fingerprint density at radius 3 is 1.01 bits per heavy atom. The molecule has 478 valence electrons. The van der Waals surface area contributed by atoms with Crippen molar-refractivity contribution in [3.63, 3.8) is 0 Å². The molecule has 0 aromatic carbocycles. The van der Waals surface area contributed by atoms with Crippen LogP contribution in [-0.4, -0.2) is 194 Å². The number of hydrogen-bond acceptors (Lipinski definition) is 17. The Morgan fingerprint density at radius 1 is 0.380 bits per heavy atom. The van der Waals surface area contributed by atoms with E-state index in [0.717, 1.165) is 25.5 Å². The second kappa shape index (κ2) is 31.5. The van der Waals surface area contributed by atoms with Gasteiger partial charge in [0, 0.05) is 35.0 Å². The zero-order valence-electron chi connectivity index (χ0n) is 58.5. The predicted molar refractivity (Wildman–Crippen MR) is 380 cm³/mol. The molecular weight excluding hydrogens is 1320 g/mol. The lowest BCUT2D eigenvalue weighted by molar-refractivity contribution is 0.218. The summed E-state index contributed by atoms with van der Waals surface area (Å²) in [4.78, 5) is 0. The first-order valence-electron chi connectivity index (χ1n) is 28.6. The fourth-order valence-electron chi connectivity index (χ4n) is 9.14. The van der Waals surface area contributed by atoms with E-state index in [0.29, 0.717) is 0 Å². The molecule has 1 fully saturated rings. The largest absolute Gasteiger partial charge is 0.454 e. The van der Waals surface area contributed by atoms with Crippen molar-refractivity contribution in [2.24, 2.45) is 0 Å². The van der Waals surface area contributed by atoms with E-state index in [1.54, 1.807) is 28.4 Å². The van der Waals surface area contributed by atoms with Crippen LogP contribution in [0.1, 0.15) is 12.8 Å². The van der Waals surface area contributed by atoms with Crippen molar-refractivity contribution in [3.05, 3.63) is 0 Å². The van der Waals surface area contributed by atoms with Gasteiger partial charge in [0.25, 0.3) is 27.9 Å². The Kier molecular flexibility index (Phi) is 33.6. The first-order valence-corrected chi connectivity index (χ1v) is 85.0. The molecule has 0 saturated carbocycles. The van der Waals surface area contributed by atoms with Gasteiger partial charge in [-0.2, -0.15) is 0 Å². The van der Waals surface area contributed by atoms with E-state index in [2.05, 4.69) is 229 Å². The van der Waals surface area contributed by atoms with Gasteiger partial charge in [-0.05, 0) is 242 Å². The standard InChI is InChI=1S/2C15H46O6Si7.C13H36O5Si5/c2*1-16-25(9,10)26(11,12)19-22(3)18-24(7,8)21-28(15,17-2)27(13,14)20-23(4,5)6;1-19-15-20(2,3)13-11-10-12-14-21(4,5)17-23(8,9)18-22(6,7)16-19/h2*22H,1-15H3;19H,10-13H2,1-9H3. The molecule has 0 N–H and O–H groups in total. The first-order chi connectivity index (χ1) is 34.5. The minimum atomic E-state index is -2.52. The summed E-state index contributed by atoms with van der Waals surface area (Å²) in [6, 6.07) is 1.16. The topological polar surface area (TPSA) is 157 Å². The highest BCUT2D eigenvalue weighted by Gasteiger charge is 2.58. The number of hydrogen-bond donors (Lipinski definition) is 0. The third kappa shape index (κ3) is 31.6. The Morgan fingerprint density at radius 2 is 0.709 bits per heavy atom. The van der Waals surface area contributed by atoms with Gasteiger partial charge in [0.15, 0.2) is 40.6 Å². The van der Waals surface area contributed by atoms with Crippen LogP contribution in [0.3, 0.4) is 0 Å². The van der Waals surface area contributed by atoms with Gasteiger partial charge in [0.05, 0.1) is 0 Å². The second-order valence-electron chi connectivity index (χ2n) is 29.1. The Bertz CT molecular complexity index is 1720. The summed E-state index contributed by atoms with van der Waals surface area (Å²) < 4.78 is 108. The maximum atomic E-state index is 6.72. The zero-order chi connectivity index (χ0) is 63.6. The highest BCUT2D eigenvalue weighted by atomic mass is 29.3. The Hall–Kier alpha value is 3.44. The minimum absolute atomic E-state index is 0.776. The van der Waals surface area contributed by atoms with Gasteiger partial charge in [-0.3, -0.25) is 0 Å². The molecule has 1 aliphatic rings. The molecule has 17 nitrogen and oxygen atoms in total. The Balaban J connectivity index is 0. The summed E-state index contributed by atoms with van der Waals surface area (Å²) in [6.45, 7) is 77.3. The lowest BCUT2D eigenvalue weighted by Crippen LogP contribution is -2.69. The molecule has 79 heavy (non-hydrogen) atoms. The molecule has 0 aromatic heterocycles. The van der Waals surface area contributed by atoms with Crippen LogP contribution in [0.5, 0.6) is 0 Å². The molecule has 1 rings (SSSR count). The van der Waals surface area contributed by atoms with Gasteiger partial charge in [-0.15, -0.1) is 0 Å². The van der Waals surface area contributed by atoms with Crippen LogP contribution >= 0.6 is 0 Å². The maximum absolute atomic E-state index is 6.72. The first kappa shape index (κ1) is 84.5. The maximum Gasteiger partial charge on any atom is 0.336 e. The van der Waals surface area contributed by atoms with Gasteiger partial charge in [-0.25, -0.2) is 0 Å². The van der Waals surface area contributed by atoms with Gasteiger partial charge < -0.3 is 71.5 Å². The highest BCUT2D eigenvalue weighted by Crippen LogP contribution is 2.33. The summed E-state index contributed by atoms with van der Waals surface area (Å²) in [5.74, 6) is 0. The molecule has 0 bridgehead atoms. The van der Waals surface area contributed by atoms with E-state index >= 15 is 0 Å². The van der Waals surface area contributed by atoms with Gasteiger partial charge in [0.1, 0.15) is 0 Å². The number of rotatable bonds is 24. The summed E-state index contributed by atoms with van der Waals surface area (Å²) in [7, 11) is -31.7. The van der Waals surface area contributed by atoms with Gasteiger partial charge in [-0.1, -0.05) is 6.42 Å². The third-order valence-corrected chi connectivity index (χ3v) is 115. The van der Waals surface area contributed by atoms with Crippen LogP contribution in [0, 0.1) is 0 Å². The van der Waals surface area contributed by atoms with Crippen molar-refractivity contribution in [2.45, 2.75) is 248 Å². The Labute approximate surface area is 509 Å². The average Bonchev–Trinajstić information content (AvgIpc) is 3.15. The van der Waals surface area contributed by atoms with E-state index in [4.69, 9.17) is 71.5 Å². The van der Waals surface area contributed by atoms with E-state index in [9.17, 15) is 0 Å². The van der Waals surface area contributed by atoms with E-state index in [1.807, 2.05) is 0 Å². The lowest BCUT2D eigenvalue weighted by atomic mass is 10.4. The molecule has 36 heteroatoms.